The number of nitrogens with zero attached hydrogens (tertiary/aromatic N) is 4. The Morgan fingerprint density at radius 3 is 2.58 bits per heavy atom. The molecule has 0 spiro atoms. The smallest absolute Gasteiger partial charge is 0.165 e. The molecular weight excluding hydrogens is 238 g/mol. The SMILES string of the molecule is Cc1cnc(-c2c(C)nn(C)c2C)nc1NC1CC1. The second-order valence-electron chi connectivity index (χ2n) is 5.31. The van der Waals surface area contributed by atoms with Crippen LogP contribution in [0.15, 0.2) is 6.20 Å². The molecule has 5 nitrogen and oxygen atoms in total. The molecule has 2 aromatic heterocycles. The van der Waals surface area contributed by atoms with Gasteiger partial charge in [0.2, 0.25) is 0 Å². The lowest BCUT2D eigenvalue weighted by molar-refractivity contribution is 0.731. The van der Waals surface area contributed by atoms with Crippen molar-refractivity contribution >= 4 is 5.82 Å². The average molecular weight is 257 g/mol. The Kier molecular flexibility index (Phi) is 2.77. The van der Waals surface area contributed by atoms with Gasteiger partial charge >= 0.3 is 0 Å². The lowest BCUT2D eigenvalue weighted by Crippen LogP contribution is -2.07. The Bertz CT molecular complexity index is 625. The molecular formula is C14H19N5. The third kappa shape index (κ3) is 2.20. The van der Waals surface area contributed by atoms with Gasteiger partial charge in [0.15, 0.2) is 5.82 Å². The highest BCUT2D eigenvalue weighted by Crippen LogP contribution is 2.28. The van der Waals surface area contributed by atoms with Crippen molar-refractivity contribution in [3.8, 4) is 11.4 Å². The fraction of sp³-hybridized carbons (Fsp3) is 0.500. The highest BCUT2D eigenvalue weighted by atomic mass is 15.3. The molecule has 1 saturated carbocycles. The van der Waals surface area contributed by atoms with Crippen molar-refractivity contribution in [2.75, 3.05) is 5.32 Å². The highest BCUT2D eigenvalue weighted by Gasteiger charge is 2.23. The molecule has 1 fully saturated rings. The van der Waals surface area contributed by atoms with Crippen molar-refractivity contribution in [1.82, 2.24) is 19.7 Å². The molecule has 2 aromatic rings. The molecule has 0 aliphatic heterocycles. The summed E-state index contributed by atoms with van der Waals surface area (Å²) >= 11 is 0. The van der Waals surface area contributed by atoms with Crippen LogP contribution in [0.5, 0.6) is 0 Å². The predicted octanol–water partition coefficient (Wildman–Crippen LogP) is 2.38. The molecule has 0 aromatic carbocycles. The van der Waals surface area contributed by atoms with Crippen LogP contribution in [0, 0.1) is 20.8 Å². The van der Waals surface area contributed by atoms with Crippen molar-refractivity contribution in [2.45, 2.75) is 39.7 Å². The van der Waals surface area contributed by atoms with Gasteiger partial charge in [-0.1, -0.05) is 0 Å². The van der Waals surface area contributed by atoms with E-state index in [2.05, 4.69) is 20.4 Å². The Morgan fingerprint density at radius 2 is 2.00 bits per heavy atom. The maximum absolute atomic E-state index is 4.68. The monoisotopic (exact) mass is 257 g/mol. The van der Waals surface area contributed by atoms with Gasteiger partial charge in [-0.15, -0.1) is 0 Å². The number of rotatable bonds is 3. The van der Waals surface area contributed by atoms with E-state index < -0.39 is 0 Å². The zero-order valence-corrected chi connectivity index (χ0v) is 11.9. The molecule has 19 heavy (non-hydrogen) atoms. The minimum absolute atomic E-state index is 0.595. The second kappa shape index (κ2) is 4.33. The molecule has 3 rings (SSSR count). The summed E-state index contributed by atoms with van der Waals surface area (Å²) in [6.07, 6.45) is 4.37. The zero-order chi connectivity index (χ0) is 13.6. The number of aryl methyl sites for hydroxylation is 3. The summed E-state index contributed by atoms with van der Waals surface area (Å²) in [5.74, 6) is 1.71. The number of anilines is 1. The summed E-state index contributed by atoms with van der Waals surface area (Å²) in [6, 6.07) is 0.595. The minimum Gasteiger partial charge on any atom is -0.367 e. The molecule has 0 unspecified atom stereocenters. The molecule has 1 aliphatic carbocycles. The first-order valence-electron chi connectivity index (χ1n) is 6.67. The van der Waals surface area contributed by atoms with Gasteiger partial charge < -0.3 is 5.32 Å². The van der Waals surface area contributed by atoms with E-state index in [9.17, 15) is 0 Å². The van der Waals surface area contributed by atoms with E-state index in [1.165, 1.54) is 12.8 Å². The van der Waals surface area contributed by atoms with E-state index in [0.29, 0.717) is 6.04 Å². The molecule has 0 bridgehead atoms. The Hall–Kier alpha value is -1.91. The van der Waals surface area contributed by atoms with Gasteiger partial charge in [0, 0.05) is 30.5 Å². The molecule has 0 radical (unpaired) electrons. The van der Waals surface area contributed by atoms with E-state index >= 15 is 0 Å². The molecule has 5 heteroatoms. The first-order valence-corrected chi connectivity index (χ1v) is 6.67. The molecule has 2 heterocycles. The quantitative estimate of drug-likeness (QED) is 0.917. The topological polar surface area (TPSA) is 55.6 Å². The van der Waals surface area contributed by atoms with Crippen LogP contribution in [0.1, 0.15) is 29.8 Å². The second-order valence-corrected chi connectivity index (χ2v) is 5.31. The van der Waals surface area contributed by atoms with Gasteiger partial charge in [0.1, 0.15) is 5.82 Å². The summed E-state index contributed by atoms with van der Waals surface area (Å²) in [6.45, 7) is 6.09. The zero-order valence-electron chi connectivity index (χ0n) is 11.9. The largest absolute Gasteiger partial charge is 0.367 e. The molecule has 0 saturated heterocycles. The van der Waals surface area contributed by atoms with Crippen molar-refractivity contribution in [3.05, 3.63) is 23.1 Å². The van der Waals surface area contributed by atoms with Crippen LogP contribution >= 0.6 is 0 Å². The normalized spacial score (nSPS) is 14.7. The van der Waals surface area contributed by atoms with E-state index in [1.807, 2.05) is 38.7 Å². The lowest BCUT2D eigenvalue weighted by Gasteiger charge is -2.09. The van der Waals surface area contributed by atoms with Crippen molar-refractivity contribution < 1.29 is 0 Å². The van der Waals surface area contributed by atoms with Crippen LogP contribution < -0.4 is 5.32 Å². The third-order valence-corrected chi connectivity index (χ3v) is 3.62. The number of hydrogen-bond acceptors (Lipinski definition) is 4. The van der Waals surface area contributed by atoms with Gasteiger partial charge in [-0.25, -0.2) is 9.97 Å². The van der Waals surface area contributed by atoms with Gasteiger partial charge in [-0.2, -0.15) is 5.10 Å². The summed E-state index contributed by atoms with van der Waals surface area (Å²) in [7, 11) is 1.95. The van der Waals surface area contributed by atoms with E-state index in [1.54, 1.807) is 0 Å². The lowest BCUT2D eigenvalue weighted by atomic mass is 10.2. The highest BCUT2D eigenvalue weighted by molar-refractivity contribution is 5.63. The van der Waals surface area contributed by atoms with Crippen LogP contribution in [-0.2, 0) is 7.05 Å². The van der Waals surface area contributed by atoms with Crippen molar-refractivity contribution in [1.29, 1.82) is 0 Å². The number of hydrogen-bond donors (Lipinski definition) is 1. The summed E-state index contributed by atoms with van der Waals surface area (Å²) < 4.78 is 1.88. The molecule has 1 N–H and O–H groups in total. The van der Waals surface area contributed by atoms with Gasteiger partial charge in [0.05, 0.1) is 11.3 Å². The summed E-state index contributed by atoms with van der Waals surface area (Å²) in [5.41, 5.74) is 4.20. The number of aromatic nitrogens is 4. The molecule has 1 aliphatic rings. The van der Waals surface area contributed by atoms with Crippen molar-refractivity contribution in [2.24, 2.45) is 7.05 Å². The maximum atomic E-state index is 4.68. The fourth-order valence-electron chi connectivity index (χ4n) is 2.23. The summed E-state index contributed by atoms with van der Waals surface area (Å²) in [5, 5.41) is 7.89. The van der Waals surface area contributed by atoms with Crippen LogP contribution in [0.2, 0.25) is 0 Å². The molecule has 0 amide bonds. The first-order chi connectivity index (χ1) is 9.06. The average Bonchev–Trinajstić information content (AvgIpc) is 3.12. The maximum Gasteiger partial charge on any atom is 0.165 e. The van der Waals surface area contributed by atoms with Crippen LogP contribution in [0.3, 0.4) is 0 Å². The van der Waals surface area contributed by atoms with Gasteiger partial charge in [0.25, 0.3) is 0 Å². The van der Waals surface area contributed by atoms with E-state index in [0.717, 1.165) is 34.2 Å². The Balaban J connectivity index is 2.04. The minimum atomic E-state index is 0.595. The molecule has 0 atom stereocenters. The van der Waals surface area contributed by atoms with Crippen LogP contribution in [0.25, 0.3) is 11.4 Å². The fourth-order valence-corrected chi connectivity index (χ4v) is 2.23. The van der Waals surface area contributed by atoms with E-state index in [-0.39, 0.29) is 0 Å². The van der Waals surface area contributed by atoms with Gasteiger partial charge in [-0.3, -0.25) is 4.68 Å². The Labute approximate surface area is 113 Å². The van der Waals surface area contributed by atoms with Gasteiger partial charge in [-0.05, 0) is 33.6 Å². The van der Waals surface area contributed by atoms with Crippen molar-refractivity contribution in [3.63, 3.8) is 0 Å². The third-order valence-electron chi connectivity index (χ3n) is 3.62. The standard InChI is InChI=1S/C14H19N5/c1-8-7-15-14(17-13(8)16-11-5-6-11)12-9(2)18-19(4)10(12)3/h7,11H,5-6H2,1-4H3,(H,15,16,17). The Morgan fingerprint density at radius 1 is 1.26 bits per heavy atom. The van der Waals surface area contributed by atoms with Crippen LogP contribution in [0.4, 0.5) is 5.82 Å². The summed E-state index contributed by atoms with van der Waals surface area (Å²) in [4.78, 5) is 9.15. The van der Waals surface area contributed by atoms with Crippen LogP contribution in [-0.4, -0.2) is 25.8 Å². The molecule has 100 valence electrons. The predicted molar refractivity (Wildman–Crippen MR) is 75.1 cm³/mol. The first kappa shape index (κ1) is 12.1. The number of nitrogens with one attached hydrogen (secondary N) is 1. The van der Waals surface area contributed by atoms with E-state index in [4.69, 9.17) is 0 Å².